The number of aromatic nitrogens is 2. The van der Waals surface area contributed by atoms with Gasteiger partial charge in [0.2, 0.25) is 0 Å². The molecule has 0 saturated heterocycles. The Balaban J connectivity index is 2.76. The minimum absolute atomic E-state index is 0.00224. The van der Waals surface area contributed by atoms with Crippen LogP contribution in [0.25, 0.3) is 11.0 Å². The molecule has 0 aliphatic heterocycles. The van der Waals surface area contributed by atoms with Gasteiger partial charge in [0.1, 0.15) is 11.9 Å². The fourth-order valence-electron chi connectivity index (χ4n) is 2.91. The van der Waals surface area contributed by atoms with Crippen LogP contribution in [0, 0.1) is 25.7 Å². The average molecular weight is 302 g/mol. The van der Waals surface area contributed by atoms with Crippen molar-refractivity contribution in [3.05, 3.63) is 29.1 Å². The Bertz CT molecular complexity index is 699. The van der Waals surface area contributed by atoms with E-state index in [0.29, 0.717) is 5.92 Å². The van der Waals surface area contributed by atoms with Crippen LogP contribution in [-0.2, 0) is 11.2 Å². The summed E-state index contributed by atoms with van der Waals surface area (Å²) in [7, 11) is 0. The summed E-state index contributed by atoms with van der Waals surface area (Å²) in [5.74, 6) is 0.510. The van der Waals surface area contributed by atoms with Crippen molar-refractivity contribution in [1.29, 1.82) is 0 Å². The Morgan fingerprint density at radius 1 is 1.18 bits per heavy atom. The topological polar surface area (TPSA) is 55.1 Å². The lowest BCUT2D eigenvalue weighted by atomic mass is 10.0. The van der Waals surface area contributed by atoms with Crippen molar-refractivity contribution >= 4 is 17.0 Å². The molecule has 1 heterocycles. The van der Waals surface area contributed by atoms with E-state index in [1.54, 1.807) is 0 Å². The molecule has 2 aromatic rings. The number of nitrogens with zero attached hydrogens (tertiary/aromatic N) is 2. The van der Waals surface area contributed by atoms with Crippen LogP contribution in [0.4, 0.5) is 0 Å². The fourth-order valence-corrected chi connectivity index (χ4v) is 2.91. The van der Waals surface area contributed by atoms with E-state index in [2.05, 4.69) is 39.8 Å². The first kappa shape index (κ1) is 16.5. The number of fused-ring (bicyclic) bond motifs is 1. The molecule has 0 amide bonds. The molecule has 1 aromatic heterocycles. The molecule has 4 heteroatoms. The normalized spacial score (nSPS) is 13.3. The van der Waals surface area contributed by atoms with Crippen molar-refractivity contribution in [2.75, 3.05) is 0 Å². The molecule has 2 rings (SSSR count). The Hall–Kier alpha value is -1.84. The molecular formula is C18H26N2O2. The molecule has 1 aromatic carbocycles. The first-order valence-corrected chi connectivity index (χ1v) is 7.93. The zero-order valence-electron chi connectivity index (χ0n) is 14.3. The first-order chi connectivity index (χ1) is 10.2. The second-order valence-corrected chi connectivity index (χ2v) is 6.95. The zero-order chi connectivity index (χ0) is 16.6. The van der Waals surface area contributed by atoms with E-state index in [1.807, 2.05) is 18.4 Å². The SMILES string of the molecule is Cc1cc2nc(CC(C)C)n(C(C(=O)O)C(C)C)c2cc1C. The summed E-state index contributed by atoms with van der Waals surface area (Å²) in [6.45, 7) is 12.3. The summed E-state index contributed by atoms with van der Waals surface area (Å²) in [6, 6.07) is 3.55. The predicted octanol–water partition coefficient (Wildman–Crippen LogP) is 4.13. The summed E-state index contributed by atoms with van der Waals surface area (Å²) in [6.07, 6.45) is 0.781. The number of hydrogen-bond donors (Lipinski definition) is 1. The van der Waals surface area contributed by atoms with Crippen LogP contribution in [0.5, 0.6) is 0 Å². The number of rotatable bonds is 5. The molecule has 0 aliphatic carbocycles. The molecule has 0 saturated carbocycles. The third-order valence-corrected chi connectivity index (χ3v) is 4.13. The summed E-state index contributed by atoms with van der Waals surface area (Å²) < 4.78 is 1.94. The minimum atomic E-state index is -0.794. The van der Waals surface area contributed by atoms with Crippen molar-refractivity contribution in [3.8, 4) is 0 Å². The highest BCUT2D eigenvalue weighted by molar-refractivity contribution is 5.82. The van der Waals surface area contributed by atoms with Crippen LogP contribution < -0.4 is 0 Å². The van der Waals surface area contributed by atoms with Gasteiger partial charge in [-0.15, -0.1) is 0 Å². The standard InChI is InChI=1S/C18H26N2O2/c1-10(2)7-16-19-14-8-12(5)13(6)9-15(14)20(16)17(11(3)4)18(21)22/h8-11,17H,7H2,1-6H3,(H,21,22). The lowest BCUT2D eigenvalue weighted by Crippen LogP contribution is -2.26. The molecular weight excluding hydrogens is 276 g/mol. The fraction of sp³-hybridized carbons (Fsp3) is 0.556. The van der Waals surface area contributed by atoms with Gasteiger partial charge in [0.05, 0.1) is 11.0 Å². The largest absolute Gasteiger partial charge is 0.480 e. The van der Waals surface area contributed by atoms with E-state index in [4.69, 9.17) is 4.98 Å². The molecule has 0 spiro atoms. The maximum absolute atomic E-state index is 11.8. The van der Waals surface area contributed by atoms with Crippen molar-refractivity contribution in [2.45, 2.75) is 54.0 Å². The molecule has 1 atom stereocenters. The molecule has 120 valence electrons. The average Bonchev–Trinajstić information content (AvgIpc) is 2.67. The van der Waals surface area contributed by atoms with Gasteiger partial charge in [0.15, 0.2) is 0 Å². The van der Waals surface area contributed by atoms with Crippen LogP contribution in [0.3, 0.4) is 0 Å². The number of hydrogen-bond acceptors (Lipinski definition) is 2. The lowest BCUT2D eigenvalue weighted by Gasteiger charge is -2.22. The summed E-state index contributed by atoms with van der Waals surface area (Å²) in [4.78, 5) is 16.6. The van der Waals surface area contributed by atoms with Crippen molar-refractivity contribution in [3.63, 3.8) is 0 Å². The van der Waals surface area contributed by atoms with Gasteiger partial charge in [-0.2, -0.15) is 0 Å². The minimum Gasteiger partial charge on any atom is -0.480 e. The van der Waals surface area contributed by atoms with Crippen molar-refractivity contribution < 1.29 is 9.90 Å². The smallest absolute Gasteiger partial charge is 0.327 e. The summed E-state index contributed by atoms with van der Waals surface area (Å²) >= 11 is 0. The second-order valence-electron chi connectivity index (χ2n) is 6.95. The number of carboxylic acids is 1. The number of benzene rings is 1. The molecule has 1 N–H and O–H groups in total. The Kier molecular flexibility index (Phi) is 4.59. The number of aryl methyl sites for hydroxylation is 2. The molecule has 0 bridgehead atoms. The van der Waals surface area contributed by atoms with Crippen LogP contribution in [-0.4, -0.2) is 20.6 Å². The number of imidazole rings is 1. The van der Waals surface area contributed by atoms with E-state index in [1.165, 1.54) is 5.56 Å². The van der Waals surface area contributed by atoms with Gasteiger partial charge >= 0.3 is 5.97 Å². The first-order valence-electron chi connectivity index (χ1n) is 7.93. The predicted molar refractivity (Wildman–Crippen MR) is 89.3 cm³/mol. The van der Waals surface area contributed by atoms with Crippen LogP contribution in [0.1, 0.15) is 50.7 Å². The van der Waals surface area contributed by atoms with E-state index in [-0.39, 0.29) is 5.92 Å². The zero-order valence-corrected chi connectivity index (χ0v) is 14.3. The van der Waals surface area contributed by atoms with Gasteiger partial charge in [-0.3, -0.25) is 0 Å². The lowest BCUT2D eigenvalue weighted by molar-refractivity contribution is -0.142. The highest BCUT2D eigenvalue weighted by Gasteiger charge is 2.28. The molecule has 0 aliphatic rings. The van der Waals surface area contributed by atoms with E-state index >= 15 is 0 Å². The maximum atomic E-state index is 11.8. The quantitative estimate of drug-likeness (QED) is 0.903. The third kappa shape index (κ3) is 3.01. The molecule has 0 radical (unpaired) electrons. The molecule has 22 heavy (non-hydrogen) atoms. The number of aliphatic carboxylic acids is 1. The van der Waals surface area contributed by atoms with Gasteiger partial charge < -0.3 is 9.67 Å². The van der Waals surface area contributed by atoms with Gasteiger partial charge in [-0.25, -0.2) is 9.78 Å². The molecule has 1 unspecified atom stereocenters. The Labute approximate surface area is 132 Å². The summed E-state index contributed by atoms with van der Waals surface area (Å²) in [5, 5.41) is 9.71. The van der Waals surface area contributed by atoms with Gasteiger partial charge in [0, 0.05) is 6.42 Å². The number of carbonyl (C=O) groups is 1. The highest BCUT2D eigenvalue weighted by Crippen LogP contribution is 2.29. The van der Waals surface area contributed by atoms with Crippen LogP contribution in [0.15, 0.2) is 12.1 Å². The van der Waals surface area contributed by atoms with E-state index < -0.39 is 12.0 Å². The number of carboxylic acid groups (broad SMARTS) is 1. The highest BCUT2D eigenvalue weighted by atomic mass is 16.4. The van der Waals surface area contributed by atoms with E-state index in [0.717, 1.165) is 28.8 Å². The van der Waals surface area contributed by atoms with Crippen molar-refractivity contribution in [2.24, 2.45) is 11.8 Å². The molecule has 4 nitrogen and oxygen atoms in total. The van der Waals surface area contributed by atoms with E-state index in [9.17, 15) is 9.90 Å². The second kappa shape index (κ2) is 6.11. The van der Waals surface area contributed by atoms with Gasteiger partial charge in [-0.05, 0) is 48.9 Å². The Morgan fingerprint density at radius 2 is 1.77 bits per heavy atom. The van der Waals surface area contributed by atoms with Crippen LogP contribution in [0.2, 0.25) is 0 Å². The van der Waals surface area contributed by atoms with Gasteiger partial charge in [0.25, 0.3) is 0 Å². The van der Waals surface area contributed by atoms with Crippen molar-refractivity contribution in [1.82, 2.24) is 9.55 Å². The third-order valence-electron chi connectivity index (χ3n) is 4.13. The monoisotopic (exact) mass is 302 g/mol. The summed E-state index contributed by atoms with van der Waals surface area (Å²) in [5.41, 5.74) is 4.17. The van der Waals surface area contributed by atoms with Crippen LogP contribution >= 0.6 is 0 Å². The Morgan fingerprint density at radius 3 is 2.27 bits per heavy atom. The van der Waals surface area contributed by atoms with Gasteiger partial charge in [-0.1, -0.05) is 27.7 Å². The maximum Gasteiger partial charge on any atom is 0.327 e. The molecule has 0 fully saturated rings.